The molecule has 0 bridgehead atoms. The molecule has 2 aromatic rings. The Kier molecular flexibility index (Phi) is 3.46. The first-order valence-electron chi connectivity index (χ1n) is 4.95. The Morgan fingerprint density at radius 1 is 1.47 bits per heavy atom. The fraction of sp³-hybridized carbons (Fsp3) is 0.100. The zero-order chi connectivity index (χ0) is 14.0. The van der Waals surface area contributed by atoms with Crippen LogP contribution in [0.3, 0.4) is 0 Å². The minimum absolute atomic E-state index is 0.111. The van der Waals surface area contributed by atoms with Crippen LogP contribution >= 0.6 is 11.5 Å². The third kappa shape index (κ3) is 2.86. The Morgan fingerprint density at radius 3 is 2.79 bits per heavy atom. The average Bonchev–Trinajstić information content (AvgIpc) is 2.74. The van der Waals surface area contributed by atoms with Gasteiger partial charge >= 0.3 is 0 Å². The molecule has 0 saturated carbocycles. The maximum absolute atomic E-state index is 13.1. The van der Waals surface area contributed by atoms with Gasteiger partial charge in [-0.05, 0) is 25.1 Å². The Labute approximate surface area is 112 Å². The number of hydrogen-bond acceptors (Lipinski definition) is 6. The molecule has 9 heteroatoms. The molecule has 1 heterocycles. The highest BCUT2D eigenvalue weighted by atomic mass is 32.2. The van der Waals surface area contributed by atoms with E-state index in [1.54, 1.807) is 13.0 Å². The lowest BCUT2D eigenvalue weighted by Gasteiger charge is -2.05. The predicted octanol–water partition coefficient (Wildman–Crippen LogP) is 1.66. The SMILES string of the molecule is Cc1nsc(NS(=O)(=O)c2ccc(F)c(C#N)c2)n1. The monoisotopic (exact) mass is 298 g/mol. The molecular formula is C10H7FN4O2S2. The fourth-order valence-corrected chi connectivity index (χ4v) is 3.09. The highest BCUT2D eigenvalue weighted by Gasteiger charge is 2.18. The van der Waals surface area contributed by atoms with Crippen LogP contribution in [0.5, 0.6) is 0 Å². The first-order chi connectivity index (χ1) is 8.92. The smallest absolute Gasteiger partial charge is 0.253 e. The first kappa shape index (κ1) is 13.4. The normalized spacial score (nSPS) is 11.0. The van der Waals surface area contributed by atoms with Crippen LogP contribution in [-0.4, -0.2) is 17.8 Å². The number of nitrogens with zero attached hydrogens (tertiary/aromatic N) is 3. The number of nitrogens with one attached hydrogen (secondary N) is 1. The topological polar surface area (TPSA) is 95.7 Å². The van der Waals surface area contributed by atoms with E-state index in [4.69, 9.17) is 5.26 Å². The standard InChI is InChI=1S/C10H7FN4O2S2/c1-6-13-10(18-14-6)15-19(16,17)8-2-3-9(11)7(4-8)5-12/h2-4H,1H3,(H,13,14,15). The van der Waals surface area contributed by atoms with Crippen LogP contribution in [0.4, 0.5) is 9.52 Å². The van der Waals surface area contributed by atoms with Crippen LogP contribution < -0.4 is 4.72 Å². The highest BCUT2D eigenvalue weighted by Crippen LogP contribution is 2.19. The van der Waals surface area contributed by atoms with Crippen molar-refractivity contribution in [2.45, 2.75) is 11.8 Å². The molecule has 0 aliphatic carbocycles. The fourth-order valence-electron chi connectivity index (χ4n) is 1.27. The summed E-state index contributed by atoms with van der Waals surface area (Å²) in [6.45, 7) is 1.62. The van der Waals surface area contributed by atoms with E-state index in [0.29, 0.717) is 5.82 Å². The number of nitriles is 1. The van der Waals surface area contributed by atoms with Crippen LogP contribution in [0.2, 0.25) is 0 Å². The molecule has 19 heavy (non-hydrogen) atoms. The van der Waals surface area contributed by atoms with E-state index in [9.17, 15) is 12.8 Å². The molecule has 0 unspecified atom stereocenters. The van der Waals surface area contributed by atoms with Gasteiger partial charge in [0.05, 0.1) is 10.5 Å². The quantitative estimate of drug-likeness (QED) is 0.929. The second-order valence-corrected chi connectivity index (χ2v) is 5.94. The number of aryl methyl sites for hydroxylation is 1. The van der Waals surface area contributed by atoms with Crippen molar-refractivity contribution in [3.63, 3.8) is 0 Å². The lowest BCUT2D eigenvalue weighted by molar-refractivity contribution is 0.599. The molecule has 0 aliphatic heterocycles. The van der Waals surface area contributed by atoms with Crippen molar-refractivity contribution in [1.82, 2.24) is 9.36 Å². The largest absolute Gasteiger partial charge is 0.263 e. The first-order valence-corrected chi connectivity index (χ1v) is 7.21. The maximum Gasteiger partial charge on any atom is 0.263 e. The zero-order valence-electron chi connectivity index (χ0n) is 9.58. The Balaban J connectivity index is 2.37. The molecule has 2 rings (SSSR count). The zero-order valence-corrected chi connectivity index (χ0v) is 11.2. The van der Waals surface area contributed by atoms with Crippen molar-refractivity contribution in [2.24, 2.45) is 0 Å². The van der Waals surface area contributed by atoms with Gasteiger partial charge in [-0.15, -0.1) is 0 Å². The van der Waals surface area contributed by atoms with E-state index in [1.165, 1.54) is 0 Å². The van der Waals surface area contributed by atoms with Gasteiger partial charge in [-0.1, -0.05) is 0 Å². The number of halogens is 1. The number of rotatable bonds is 3. The van der Waals surface area contributed by atoms with Crippen molar-refractivity contribution < 1.29 is 12.8 Å². The minimum Gasteiger partial charge on any atom is -0.253 e. The molecule has 0 spiro atoms. The van der Waals surface area contributed by atoms with Gasteiger partial charge in [0, 0.05) is 11.5 Å². The summed E-state index contributed by atoms with van der Waals surface area (Å²) in [6, 6.07) is 4.55. The molecule has 98 valence electrons. The number of benzene rings is 1. The third-order valence-electron chi connectivity index (χ3n) is 2.12. The Bertz CT molecular complexity index is 764. The molecule has 0 saturated heterocycles. The molecule has 0 fully saturated rings. The van der Waals surface area contributed by atoms with Crippen molar-refractivity contribution in [3.8, 4) is 6.07 Å². The summed E-state index contributed by atoms with van der Waals surface area (Å²) in [6.07, 6.45) is 0. The predicted molar refractivity (Wildman–Crippen MR) is 66.6 cm³/mol. The van der Waals surface area contributed by atoms with Crippen LogP contribution in [-0.2, 0) is 10.0 Å². The summed E-state index contributed by atoms with van der Waals surface area (Å²) in [7, 11) is -3.91. The van der Waals surface area contributed by atoms with Gasteiger partial charge in [0.15, 0.2) is 0 Å². The molecule has 0 radical (unpaired) electrons. The number of aromatic nitrogens is 2. The lowest BCUT2D eigenvalue weighted by Crippen LogP contribution is -2.13. The van der Waals surface area contributed by atoms with Crippen LogP contribution in [0.25, 0.3) is 0 Å². The summed E-state index contributed by atoms with van der Waals surface area (Å²) in [5.74, 6) is -0.326. The van der Waals surface area contributed by atoms with Gasteiger partial charge in [-0.25, -0.2) is 17.8 Å². The summed E-state index contributed by atoms with van der Waals surface area (Å²) < 4.78 is 43.1. The molecular weight excluding hydrogens is 291 g/mol. The van der Waals surface area contributed by atoms with Crippen molar-refractivity contribution >= 4 is 26.7 Å². The van der Waals surface area contributed by atoms with Gasteiger partial charge in [0.25, 0.3) is 10.0 Å². The maximum atomic E-state index is 13.1. The van der Waals surface area contributed by atoms with Crippen LogP contribution in [0, 0.1) is 24.1 Å². The van der Waals surface area contributed by atoms with Gasteiger partial charge in [0.1, 0.15) is 17.7 Å². The second-order valence-electron chi connectivity index (χ2n) is 3.51. The van der Waals surface area contributed by atoms with E-state index in [1.807, 2.05) is 0 Å². The van der Waals surface area contributed by atoms with E-state index in [-0.39, 0.29) is 15.6 Å². The van der Waals surface area contributed by atoms with Gasteiger partial charge < -0.3 is 0 Å². The Morgan fingerprint density at radius 2 is 2.21 bits per heavy atom. The average molecular weight is 298 g/mol. The number of anilines is 1. The number of sulfonamides is 1. The van der Waals surface area contributed by atoms with Crippen LogP contribution in [0.15, 0.2) is 23.1 Å². The van der Waals surface area contributed by atoms with E-state index >= 15 is 0 Å². The summed E-state index contributed by atoms with van der Waals surface area (Å²) in [5, 5.41) is 8.79. The second kappa shape index (κ2) is 4.91. The lowest BCUT2D eigenvalue weighted by atomic mass is 10.2. The summed E-state index contributed by atoms with van der Waals surface area (Å²) in [4.78, 5) is 3.65. The van der Waals surface area contributed by atoms with Gasteiger partial charge in [0.2, 0.25) is 5.13 Å². The van der Waals surface area contributed by atoms with E-state index in [0.717, 1.165) is 29.7 Å². The minimum atomic E-state index is -3.91. The van der Waals surface area contributed by atoms with Gasteiger partial charge in [-0.3, -0.25) is 4.72 Å². The molecule has 0 amide bonds. The van der Waals surface area contributed by atoms with E-state index < -0.39 is 15.8 Å². The molecule has 6 nitrogen and oxygen atoms in total. The van der Waals surface area contributed by atoms with Gasteiger partial charge in [-0.2, -0.15) is 9.64 Å². The number of hydrogen-bond donors (Lipinski definition) is 1. The molecule has 0 atom stereocenters. The summed E-state index contributed by atoms with van der Waals surface area (Å²) >= 11 is 0.894. The highest BCUT2D eigenvalue weighted by molar-refractivity contribution is 7.93. The van der Waals surface area contributed by atoms with Crippen molar-refractivity contribution in [1.29, 1.82) is 5.26 Å². The molecule has 0 aliphatic rings. The van der Waals surface area contributed by atoms with Crippen molar-refractivity contribution in [3.05, 3.63) is 35.4 Å². The van der Waals surface area contributed by atoms with E-state index in [2.05, 4.69) is 14.1 Å². The Hall–Kier alpha value is -2.05. The molecule has 1 N–H and O–H groups in total. The van der Waals surface area contributed by atoms with Crippen LogP contribution in [0.1, 0.15) is 11.4 Å². The van der Waals surface area contributed by atoms with Crippen molar-refractivity contribution in [2.75, 3.05) is 4.72 Å². The molecule has 1 aromatic carbocycles. The summed E-state index contributed by atoms with van der Waals surface area (Å²) in [5.41, 5.74) is -0.337. The molecule has 1 aromatic heterocycles. The third-order valence-corrected chi connectivity index (χ3v) is 4.31.